The molecule has 4 heteroatoms. The van der Waals surface area contributed by atoms with E-state index in [-0.39, 0.29) is 0 Å². The second-order valence-electron chi connectivity index (χ2n) is 5.24. The van der Waals surface area contributed by atoms with Crippen molar-refractivity contribution in [1.29, 1.82) is 0 Å². The fourth-order valence-corrected chi connectivity index (χ4v) is 2.46. The van der Waals surface area contributed by atoms with E-state index in [1.807, 2.05) is 31.2 Å². The number of hydrogen-bond acceptors (Lipinski definition) is 4. The van der Waals surface area contributed by atoms with Crippen molar-refractivity contribution in [1.82, 2.24) is 0 Å². The fraction of sp³-hybridized carbons (Fsp3) is 0.625. The number of ether oxygens (including phenoxy) is 2. The molecule has 112 valence electrons. The van der Waals surface area contributed by atoms with Gasteiger partial charge in [0, 0.05) is 18.3 Å². The quantitative estimate of drug-likeness (QED) is 0.768. The molecule has 2 N–H and O–H groups in total. The first-order valence-electron chi connectivity index (χ1n) is 7.54. The Balaban J connectivity index is 1.69. The van der Waals surface area contributed by atoms with Gasteiger partial charge in [-0.25, -0.2) is 0 Å². The zero-order valence-corrected chi connectivity index (χ0v) is 12.2. The van der Waals surface area contributed by atoms with E-state index in [0.717, 1.165) is 24.3 Å². The molecule has 0 bridgehead atoms. The van der Waals surface area contributed by atoms with Crippen LogP contribution >= 0.6 is 0 Å². The van der Waals surface area contributed by atoms with Gasteiger partial charge in [0.25, 0.3) is 0 Å². The predicted molar refractivity (Wildman–Crippen MR) is 80.3 cm³/mol. The molecule has 1 aliphatic rings. The fourth-order valence-electron chi connectivity index (χ4n) is 2.46. The largest absolute Gasteiger partial charge is 0.494 e. The van der Waals surface area contributed by atoms with E-state index in [9.17, 15) is 5.11 Å². The van der Waals surface area contributed by atoms with E-state index >= 15 is 0 Å². The second kappa shape index (κ2) is 8.12. The second-order valence-corrected chi connectivity index (χ2v) is 5.24. The molecule has 2 rings (SSSR count). The van der Waals surface area contributed by atoms with Gasteiger partial charge in [-0.05, 0) is 31.9 Å². The molecular weight excluding hydrogens is 254 g/mol. The number of aliphatic hydroxyl groups excluding tert-OH is 1. The molecule has 20 heavy (non-hydrogen) atoms. The summed E-state index contributed by atoms with van der Waals surface area (Å²) in [5.41, 5.74) is 0.955. The van der Waals surface area contributed by atoms with Gasteiger partial charge in [0.2, 0.25) is 0 Å². The van der Waals surface area contributed by atoms with Crippen LogP contribution in [0, 0.1) is 0 Å². The summed E-state index contributed by atoms with van der Waals surface area (Å²) in [4.78, 5) is 0. The minimum atomic E-state index is -0.480. The highest BCUT2D eigenvalue weighted by atomic mass is 16.5. The Hall–Kier alpha value is -1.26. The van der Waals surface area contributed by atoms with Crippen molar-refractivity contribution < 1.29 is 14.6 Å². The van der Waals surface area contributed by atoms with Crippen molar-refractivity contribution in [2.24, 2.45) is 0 Å². The van der Waals surface area contributed by atoms with Crippen molar-refractivity contribution in [3.05, 3.63) is 24.3 Å². The summed E-state index contributed by atoms with van der Waals surface area (Å²) in [7, 11) is 0. The lowest BCUT2D eigenvalue weighted by Gasteiger charge is -2.16. The lowest BCUT2D eigenvalue weighted by Crippen LogP contribution is -2.27. The summed E-state index contributed by atoms with van der Waals surface area (Å²) in [6.07, 6.45) is 4.65. The monoisotopic (exact) mass is 279 g/mol. The molecule has 1 aromatic rings. The zero-order chi connectivity index (χ0) is 14.2. The van der Waals surface area contributed by atoms with E-state index in [4.69, 9.17) is 9.47 Å². The molecule has 0 heterocycles. The Kier molecular flexibility index (Phi) is 6.15. The van der Waals surface area contributed by atoms with Crippen molar-refractivity contribution in [2.75, 3.05) is 25.1 Å². The van der Waals surface area contributed by atoms with Crippen LogP contribution in [0.2, 0.25) is 0 Å². The van der Waals surface area contributed by atoms with Crippen LogP contribution < -0.4 is 10.1 Å². The maximum Gasteiger partial charge on any atom is 0.121 e. The van der Waals surface area contributed by atoms with Crippen LogP contribution in [0.25, 0.3) is 0 Å². The molecule has 1 atom stereocenters. The molecule has 0 aliphatic heterocycles. The van der Waals surface area contributed by atoms with Gasteiger partial charge in [0.15, 0.2) is 0 Å². The molecule has 1 aromatic carbocycles. The summed E-state index contributed by atoms with van der Waals surface area (Å²) in [6, 6.07) is 7.77. The van der Waals surface area contributed by atoms with Crippen LogP contribution in [-0.2, 0) is 4.74 Å². The highest BCUT2D eigenvalue weighted by molar-refractivity contribution is 5.48. The first kappa shape index (κ1) is 15.1. The Morgan fingerprint density at radius 1 is 1.35 bits per heavy atom. The summed E-state index contributed by atoms with van der Waals surface area (Å²) >= 11 is 0. The smallest absolute Gasteiger partial charge is 0.121 e. The molecule has 0 spiro atoms. The molecule has 1 saturated carbocycles. The predicted octanol–water partition coefficient (Wildman–Crippen LogP) is 2.82. The average Bonchev–Trinajstić information content (AvgIpc) is 2.97. The number of aliphatic hydroxyl groups is 1. The van der Waals surface area contributed by atoms with E-state index in [2.05, 4.69) is 5.32 Å². The standard InChI is InChI=1S/C16H25NO3/c1-2-19-16-9-5-6-13(10-16)17-11-14(18)12-20-15-7-3-4-8-15/h5-6,9-10,14-15,17-18H,2-4,7-8,11-12H2,1H3. The molecule has 0 aromatic heterocycles. The molecule has 1 fully saturated rings. The zero-order valence-electron chi connectivity index (χ0n) is 12.2. The minimum Gasteiger partial charge on any atom is -0.494 e. The van der Waals surface area contributed by atoms with E-state index in [0.29, 0.717) is 25.9 Å². The first-order valence-corrected chi connectivity index (χ1v) is 7.54. The average molecular weight is 279 g/mol. The van der Waals surface area contributed by atoms with Gasteiger partial charge in [-0.2, -0.15) is 0 Å². The highest BCUT2D eigenvalue weighted by Crippen LogP contribution is 2.21. The SMILES string of the molecule is CCOc1cccc(NCC(O)COC2CCCC2)c1. The summed E-state index contributed by atoms with van der Waals surface area (Å²) < 4.78 is 11.1. The lowest BCUT2D eigenvalue weighted by molar-refractivity contribution is -0.00117. The molecule has 0 radical (unpaired) electrons. The van der Waals surface area contributed by atoms with E-state index in [1.165, 1.54) is 12.8 Å². The van der Waals surface area contributed by atoms with Crippen LogP contribution in [0.15, 0.2) is 24.3 Å². The molecule has 4 nitrogen and oxygen atoms in total. The van der Waals surface area contributed by atoms with Crippen LogP contribution in [-0.4, -0.2) is 37.1 Å². The van der Waals surface area contributed by atoms with Crippen molar-refractivity contribution in [3.8, 4) is 5.75 Å². The lowest BCUT2D eigenvalue weighted by atomic mass is 10.2. The van der Waals surface area contributed by atoms with Gasteiger partial charge in [-0.1, -0.05) is 18.9 Å². The molecule has 1 aliphatic carbocycles. The van der Waals surface area contributed by atoms with Gasteiger partial charge in [0.05, 0.1) is 25.4 Å². The van der Waals surface area contributed by atoms with Crippen molar-refractivity contribution in [2.45, 2.75) is 44.8 Å². The summed E-state index contributed by atoms with van der Waals surface area (Å²) in [5, 5.41) is 13.1. The molecular formula is C16H25NO3. The number of rotatable bonds is 8. The van der Waals surface area contributed by atoms with Gasteiger partial charge in [0.1, 0.15) is 5.75 Å². The summed E-state index contributed by atoms with van der Waals surface area (Å²) in [6.45, 7) is 3.51. The number of benzene rings is 1. The Morgan fingerprint density at radius 3 is 2.90 bits per heavy atom. The Morgan fingerprint density at radius 2 is 2.15 bits per heavy atom. The minimum absolute atomic E-state index is 0.353. The Labute approximate surface area is 121 Å². The van der Waals surface area contributed by atoms with Gasteiger partial charge in [-0.3, -0.25) is 0 Å². The van der Waals surface area contributed by atoms with E-state index in [1.54, 1.807) is 0 Å². The number of hydrogen-bond donors (Lipinski definition) is 2. The third-order valence-corrected chi connectivity index (χ3v) is 3.51. The van der Waals surface area contributed by atoms with Crippen LogP contribution in [0.4, 0.5) is 5.69 Å². The van der Waals surface area contributed by atoms with E-state index < -0.39 is 6.10 Å². The Bertz CT molecular complexity index is 391. The maximum atomic E-state index is 9.92. The summed E-state index contributed by atoms with van der Waals surface area (Å²) in [5.74, 6) is 0.842. The van der Waals surface area contributed by atoms with Gasteiger partial charge < -0.3 is 19.9 Å². The van der Waals surface area contributed by atoms with Crippen molar-refractivity contribution >= 4 is 5.69 Å². The van der Waals surface area contributed by atoms with Crippen LogP contribution in [0.5, 0.6) is 5.75 Å². The molecule has 0 saturated heterocycles. The van der Waals surface area contributed by atoms with Gasteiger partial charge in [-0.15, -0.1) is 0 Å². The topological polar surface area (TPSA) is 50.7 Å². The third kappa shape index (κ3) is 5.02. The molecule has 1 unspecified atom stereocenters. The molecule has 0 amide bonds. The maximum absolute atomic E-state index is 9.92. The van der Waals surface area contributed by atoms with Gasteiger partial charge >= 0.3 is 0 Å². The van der Waals surface area contributed by atoms with Crippen LogP contribution in [0.3, 0.4) is 0 Å². The highest BCUT2D eigenvalue weighted by Gasteiger charge is 2.16. The normalized spacial score (nSPS) is 17.1. The number of anilines is 1. The third-order valence-electron chi connectivity index (χ3n) is 3.51. The van der Waals surface area contributed by atoms with Crippen molar-refractivity contribution in [3.63, 3.8) is 0 Å². The van der Waals surface area contributed by atoms with Crippen LogP contribution in [0.1, 0.15) is 32.6 Å². The first-order chi connectivity index (χ1) is 9.78. The number of nitrogens with one attached hydrogen (secondary N) is 1.